The fourth-order valence-electron chi connectivity index (χ4n) is 11.4. The molecular weight excluding hydrogens is 1260 g/mol. The van der Waals surface area contributed by atoms with Crippen molar-refractivity contribution < 1.29 is 0 Å². The van der Waals surface area contributed by atoms with Crippen molar-refractivity contribution in [3.8, 4) is 22.3 Å². The summed E-state index contributed by atoms with van der Waals surface area (Å²) in [5.74, 6) is 0. The molecule has 0 aliphatic heterocycles. The Kier molecular flexibility index (Phi) is 34.4. The molecule has 0 aromatic heterocycles. The lowest BCUT2D eigenvalue weighted by molar-refractivity contribution is 0.568. The third-order valence-corrected chi connectivity index (χ3v) is 19.4. The minimum Gasteiger partial charge on any atom is -0.0620 e. The van der Waals surface area contributed by atoms with E-state index in [2.05, 4.69) is 459 Å². The zero-order valence-electron chi connectivity index (χ0n) is 69.3. The average Bonchev–Trinajstić information content (AvgIpc) is 0.833. The van der Waals surface area contributed by atoms with Crippen LogP contribution in [-0.2, 0) is 17.3 Å². The highest BCUT2D eigenvalue weighted by molar-refractivity contribution is 5.88. The van der Waals surface area contributed by atoms with Gasteiger partial charge in [-0.05, 0) is 278 Å². The van der Waals surface area contributed by atoms with E-state index in [9.17, 15) is 0 Å². The molecule has 0 spiro atoms. The molecule has 0 saturated carbocycles. The molecule has 0 aliphatic rings. The third kappa shape index (κ3) is 30.4. The van der Waals surface area contributed by atoms with E-state index in [4.69, 9.17) is 0 Å². The molecule has 0 radical (unpaired) electrons. The first-order valence-corrected chi connectivity index (χ1v) is 37.7. The van der Waals surface area contributed by atoms with Crippen molar-refractivity contribution in [2.24, 2.45) is 0 Å². The second-order valence-electron chi connectivity index (χ2n) is 31.2. The summed E-state index contributed by atoms with van der Waals surface area (Å²) < 4.78 is 0. The van der Waals surface area contributed by atoms with E-state index in [0.29, 0.717) is 0 Å². The maximum absolute atomic E-state index is 2.33. The van der Waals surface area contributed by atoms with Gasteiger partial charge in [-0.3, -0.25) is 0 Å². The van der Waals surface area contributed by atoms with Crippen LogP contribution in [0, 0.1) is 138 Å². The lowest BCUT2D eigenvalue weighted by Crippen LogP contribution is -2.15. The van der Waals surface area contributed by atoms with E-state index in [1.54, 1.807) is 0 Å². The van der Waals surface area contributed by atoms with Crippen LogP contribution in [-0.4, -0.2) is 0 Å². The fraction of sp³-hybridized carbons (Fsp3) is 0.276. The maximum atomic E-state index is 2.33. The topological polar surface area (TPSA) is 0 Å². The van der Waals surface area contributed by atoms with Gasteiger partial charge in [0.15, 0.2) is 0 Å². The second-order valence-corrected chi connectivity index (χ2v) is 31.2. The Balaban J connectivity index is 0.000000214. The van der Waals surface area contributed by atoms with Crippen molar-refractivity contribution in [1.29, 1.82) is 0 Å². The molecule has 13 aromatic rings. The number of rotatable bonds is 4. The number of hydrogen-bond donors (Lipinski definition) is 0. The predicted molar refractivity (Wildman–Crippen MR) is 468 cm³/mol. The van der Waals surface area contributed by atoms with Crippen LogP contribution in [0.2, 0.25) is 0 Å². The molecule has 105 heavy (non-hydrogen) atoms. The van der Waals surface area contributed by atoms with Crippen LogP contribution in [0.1, 0.15) is 175 Å². The van der Waals surface area contributed by atoms with E-state index >= 15 is 0 Å². The Bertz CT molecular complexity index is 4520. The standard InChI is InChI=1S/C16H18.C15H16.C14H14.C14H22.C12H12.2C9H12.2C8H10/c1-11-5-7-15(9-13(11)3)16-8-6-12(2)14(4)10-16;1-12-7-9-14(10-8-12)11-15-6-4-3-5-13(15)2;1-11-3-7-13(8-4-11)14-9-5-12(2)6-10-14;1-13(2,3)11-8-7-9-12(10-11)14(4,5)6;1-9-5-3-8-12-10(2)6-4-7-11(9)12;1-7-4-5-8(2)9(3)6-7;1-7-5-4-6-8(2)9(7)3;1-7-3-5-8(2)6-4-7;1-7-4-3-5-8(2)6-7/h5-10H,1-4H3;3-10H,11H2,1-2H3;3-10H,1-2H3;7-10H,1-6H3;3-8H,1-2H3;2*4-6H,1-3H3;2*3-6H,1-2H3. The summed E-state index contributed by atoms with van der Waals surface area (Å²) in [5.41, 5.74) is 38.4. The van der Waals surface area contributed by atoms with E-state index in [1.807, 2.05) is 0 Å². The lowest BCUT2D eigenvalue weighted by atomic mass is 9.81. The minimum atomic E-state index is 0.251. The highest BCUT2D eigenvalue weighted by atomic mass is 14.2. The van der Waals surface area contributed by atoms with Gasteiger partial charge in [-0.15, -0.1) is 0 Å². The van der Waals surface area contributed by atoms with Crippen LogP contribution in [0.15, 0.2) is 279 Å². The highest BCUT2D eigenvalue weighted by Gasteiger charge is 2.18. The van der Waals surface area contributed by atoms with Gasteiger partial charge in [0.1, 0.15) is 0 Å². The number of aryl methyl sites for hydroxylation is 19. The van der Waals surface area contributed by atoms with Crippen LogP contribution in [0.4, 0.5) is 0 Å². The molecule has 0 heterocycles. The number of fused-ring (bicyclic) bond motifs is 1. The lowest BCUT2D eigenvalue weighted by Gasteiger charge is -2.24. The van der Waals surface area contributed by atoms with Crippen molar-refractivity contribution in [3.05, 3.63) is 413 Å². The zero-order chi connectivity index (χ0) is 77.6. The van der Waals surface area contributed by atoms with Gasteiger partial charge in [0.25, 0.3) is 0 Å². The van der Waals surface area contributed by atoms with E-state index in [1.165, 1.54) is 167 Å². The molecule has 13 aromatic carbocycles. The van der Waals surface area contributed by atoms with Gasteiger partial charge in [-0.2, -0.15) is 0 Å². The smallest absolute Gasteiger partial charge is 0.00231 e. The van der Waals surface area contributed by atoms with Gasteiger partial charge in [0.05, 0.1) is 0 Å². The number of benzene rings is 13. The molecule has 13 rings (SSSR count). The summed E-state index contributed by atoms with van der Waals surface area (Å²) in [6, 6.07) is 99.6. The molecule has 0 saturated heterocycles. The SMILES string of the molecule is CC(C)(C)c1cccc(C(C)(C)C)c1.Cc1ccc(-c2ccc(C)c(C)c2)cc1C.Cc1ccc(-c2ccc(C)cc2)cc1.Cc1ccc(C)c(C)c1.Cc1ccc(C)cc1.Cc1ccc(Cc2ccccc2C)cc1.Cc1cccc(C)c1.Cc1cccc(C)c1C.Cc1cccc2c(C)cccc12. The molecule has 0 amide bonds. The minimum absolute atomic E-state index is 0.251. The monoisotopic (exact) mass is 1390 g/mol. The van der Waals surface area contributed by atoms with Crippen LogP contribution < -0.4 is 0 Å². The van der Waals surface area contributed by atoms with Gasteiger partial charge < -0.3 is 0 Å². The molecule has 0 N–H and O–H groups in total. The molecule has 0 bridgehead atoms. The van der Waals surface area contributed by atoms with Gasteiger partial charge in [0.2, 0.25) is 0 Å². The first-order valence-electron chi connectivity index (χ1n) is 37.7. The molecule has 546 valence electrons. The van der Waals surface area contributed by atoms with Crippen molar-refractivity contribution in [2.45, 2.75) is 197 Å². The van der Waals surface area contributed by atoms with Crippen LogP contribution in [0.3, 0.4) is 0 Å². The summed E-state index contributed by atoms with van der Waals surface area (Å²) in [7, 11) is 0. The second kappa shape index (κ2) is 42.2. The summed E-state index contributed by atoms with van der Waals surface area (Å²) in [6.07, 6.45) is 1.03. The van der Waals surface area contributed by atoms with Gasteiger partial charge >= 0.3 is 0 Å². The van der Waals surface area contributed by atoms with Crippen LogP contribution in [0.25, 0.3) is 33.0 Å². The van der Waals surface area contributed by atoms with Crippen LogP contribution >= 0.6 is 0 Å². The molecule has 0 atom stereocenters. The third-order valence-electron chi connectivity index (χ3n) is 19.4. The molecule has 0 fully saturated rings. The summed E-state index contributed by atoms with van der Waals surface area (Å²) in [4.78, 5) is 0. The molecule has 0 aliphatic carbocycles. The molecular formula is C105H126. The first-order chi connectivity index (χ1) is 49.6. The summed E-state index contributed by atoms with van der Waals surface area (Å²) >= 11 is 0. The van der Waals surface area contributed by atoms with E-state index in [-0.39, 0.29) is 10.8 Å². The van der Waals surface area contributed by atoms with Gasteiger partial charge in [0, 0.05) is 0 Å². The maximum Gasteiger partial charge on any atom is -0.00231 e. The molecule has 0 nitrogen and oxygen atoms in total. The largest absolute Gasteiger partial charge is 0.0620 e. The Morgan fingerprint density at radius 2 is 0.486 bits per heavy atom. The van der Waals surface area contributed by atoms with Gasteiger partial charge in [-0.1, -0.05) is 365 Å². The van der Waals surface area contributed by atoms with Crippen molar-refractivity contribution >= 4 is 10.8 Å². The van der Waals surface area contributed by atoms with Gasteiger partial charge in [-0.25, -0.2) is 0 Å². The zero-order valence-corrected chi connectivity index (χ0v) is 69.3. The number of hydrogen-bond acceptors (Lipinski definition) is 0. The summed E-state index contributed by atoms with van der Waals surface area (Å²) in [6.45, 7) is 56.2. The Labute approximate surface area is 638 Å². The fourth-order valence-corrected chi connectivity index (χ4v) is 11.4. The quantitative estimate of drug-likeness (QED) is 0.165. The highest BCUT2D eigenvalue weighted by Crippen LogP contribution is 2.30. The van der Waals surface area contributed by atoms with Crippen LogP contribution in [0.5, 0.6) is 0 Å². The Hall–Kier alpha value is -9.88. The first kappa shape index (κ1) is 85.8. The van der Waals surface area contributed by atoms with Crippen molar-refractivity contribution in [1.82, 2.24) is 0 Å². The normalized spacial score (nSPS) is 10.4. The Morgan fingerprint density at radius 1 is 0.190 bits per heavy atom. The average molecular weight is 1390 g/mol. The molecule has 0 unspecified atom stereocenters. The molecule has 0 heteroatoms. The van der Waals surface area contributed by atoms with E-state index in [0.717, 1.165) is 6.42 Å². The predicted octanol–water partition coefficient (Wildman–Crippen LogP) is 30.0. The van der Waals surface area contributed by atoms with Crippen molar-refractivity contribution in [2.75, 3.05) is 0 Å². The van der Waals surface area contributed by atoms with Crippen molar-refractivity contribution in [3.63, 3.8) is 0 Å². The van der Waals surface area contributed by atoms with E-state index < -0.39 is 0 Å². The summed E-state index contributed by atoms with van der Waals surface area (Å²) in [5, 5.41) is 2.75. The Morgan fingerprint density at radius 3 is 0.829 bits per heavy atom.